The molecule has 0 spiro atoms. The molecule has 2 N–H and O–H groups in total. The summed E-state index contributed by atoms with van der Waals surface area (Å²) >= 11 is 0. The molecule has 3 rings (SSSR count). The quantitative estimate of drug-likeness (QED) is 0.627. The summed E-state index contributed by atoms with van der Waals surface area (Å²) in [5.74, 6) is -2.91. The molecule has 1 amide bonds. The lowest BCUT2D eigenvalue weighted by molar-refractivity contribution is -0.186. The molecule has 1 aromatic rings. The smallest absolute Gasteiger partial charge is 0.250 e. The summed E-state index contributed by atoms with van der Waals surface area (Å²) < 4.78 is 37.2. The molecule has 0 aromatic heterocycles. The number of rotatable bonds is 4. The van der Waals surface area contributed by atoms with E-state index in [4.69, 9.17) is 14.7 Å². The van der Waals surface area contributed by atoms with Crippen molar-refractivity contribution in [1.82, 2.24) is 5.48 Å². The highest BCUT2D eigenvalue weighted by molar-refractivity contribution is 7.92. The number of benzene rings is 1. The van der Waals surface area contributed by atoms with Crippen molar-refractivity contribution in [3.8, 4) is 0 Å². The molecule has 8 heteroatoms. The lowest BCUT2D eigenvalue weighted by atomic mass is 9.86. The van der Waals surface area contributed by atoms with Gasteiger partial charge in [0, 0.05) is 20.0 Å². The zero-order valence-electron chi connectivity index (χ0n) is 12.0. The standard InChI is InChI=1S/C14H17NO6S/c1-20-13-7-8-14(21-13,11(9-13)12(16)15-17)22(18,19)10-5-3-2-4-6-10/h2-6,11,17H,7-9H2,1H3,(H,15,16). The van der Waals surface area contributed by atoms with Gasteiger partial charge in [0.2, 0.25) is 9.84 Å². The van der Waals surface area contributed by atoms with Crippen molar-refractivity contribution in [3.63, 3.8) is 0 Å². The van der Waals surface area contributed by atoms with Crippen LogP contribution in [-0.2, 0) is 24.1 Å². The molecule has 1 aromatic carbocycles. The van der Waals surface area contributed by atoms with E-state index in [0.29, 0.717) is 6.42 Å². The fraction of sp³-hybridized carbons (Fsp3) is 0.500. The molecule has 2 aliphatic heterocycles. The van der Waals surface area contributed by atoms with Gasteiger partial charge < -0.3 is 9.47 Å². The zero-order valence-corrected chi connectivity index (χ0v) is 12.8. The van der Waals surface area contributed by atoms with Crippen molar-refractivity contribution < 1.29 is 27.9 Å². The number of hydrogen-bond donors (Lipinski definition) is 2. The van der Waals surface area contributed by atoms with Gasteiger partial charge in [-0.25, -0.2) is 13.9 Å². The first-order valence-electron chi connectivity index (χ1n) is 6.90. The van der Waals surface area contributed by atoms with Gasteiger partial charge in [-0.15, -0.1) is 0 Å². The van der Waals surface area contributed by atoms with Gasteiger partial charge in [0.15, 0.2) is 10.7 Å². The van der Waals surface area contributed by atoms with Gasteiger partial charge in [-0.2, -0.15) is 0 Å². The molecule has 2 fully saturated rings. The SMILES string of the molecule is COC12CCC(S(=O)(=O)c3ccccc3)(O1)C(C(=O)NO)C2. The first-order chi connectivity index (χ1) is 10.4. The highest BCUT2D eigenvalue weighted by Gasteiger charge is 2.70. The molecule has 2 bridgehead atoms. The summed E-state index contributed by atoms with van der Waals surface area (Å²) in [7, 11) is -2.51. The molecular formula is C14H17NO6S. The van der Waals surface area contributed by atoms with E-state index in [2.05, 4.69) is 0 Å². The van der Waals surface area contributed by atoms with Crippen LogP contribution in [0, 0.1) is 5.92 Å². The maximum Gasteiger partial charge on any atom is 0.250 e. The fourth-order valence-electron chi connectivity index (χ4n) is 3.41. The number of fused-ring (bicyclic) bond motifs is 2. The topological polar surface area (TPSA) is 102 Å². The van der Waals surface area contributed by atoms with E-state index >= 15 is 0 Å². The summed E-state index contributed by atoms with van der Waals surface area (Å²) in [4.78, 5) is 10.4. The molecule has 3 atom stereocenters. The predicted octanol–water partition coefficient (Wildman–Crippen LogP) is 0.835. The largest absolute Gasteiger partial charge is 0.353 e. The number of amides is 1. The number of carbonyl (C=O) groups excluding carboxylic acids is 1. The second-order valence-electron chi connectivity index (χ2n) is 5.58. The summed E-state index contributed by atoms with van der Waals surface area (Å²) in [5.41, 5.74) is 1.54. The Morgan fingerprint density at radius 3 is 2.64 bits per heavy atom. The third-order valence-electron chi connectivity index (χ3n) is 4.57. The average molecular weight is 327 g/mol. The summed E-state index contributed by atoms with van der Waals surface area (Å²) in [5, 5.41) is 8.94. The third kappa shape index (κ3) is 1.91. The van der Waals surface area contributed by atoms with Gasteiger partial charge in [-0.05, 0) is 18.6 Å². The molecule has 120 valence electrons. The zero-order chi connectivity index (χ0) is 16.0. The van der Waals surface area contributed by atoms with E-state index in [9.17, 15) is 13.2 Å². The Bertz CT molecular complexity index is 691. The number of hydrogen-bond acceptors (Lipinski definition) is 6. The molecule has 3 unspecified atom stereocenters. The molecule has 0 radical (unpaired) electrons. The van der Waals surface area contributed by atoms with Crippen LogP contribution >= 0.6 is 0 Å². The number of ether oxygens (including phenoxy) is 2. The summed E-state index contributed by atoms with van der Waals surface area (Å²) in [6.45, 7) is 0. The van der Waals surface area contributed by atoms with Crippen LogP contribution in [0.25, 0.3) is 0 Å². The van der Waals surface area contributed by atoms with Crippen LogP contribution in [0.5, 0.6) is 0 Å². The number of methoxy groups -OCH3 is 1. The van der Waals surface area contributed by atoms with Crippen LogP contribution < -0.4 is 5.48 Å². The second kappa shape index (κ2) is 5.02. The van der Waals surface area contributed by atoms with E-state index in [1.165, 1.54) is 19.2 Å². The maximum absolute atomic E-state index is 13.1. The molecule has 22 heavy (non-hydrogen) atoms. The van der Waals surface area contributed by atoms with Crippen molar-refractivity contribution in [1.29, 1.82) is 0 Å². The molecule has 2 aliphatic rings. The Morgan fingerprint density at radius 1 is 1.36 bits per heavy atom. The number of nitrogens with one attached hydrogen (secondary N) is 1. The number of carbonyl (C=O) groups is 1. The molecular weight excluding hydrogens is 310 g/mol. The lowest BCUT2D eigenvalue weighted by Gasteiger charge is -2.30. The van der Waals surface area contributed by atoms with Gasteiger partial charge >= 0.3 is 0 Å². The van der Waals surface area contributed by atoms with Crippen molar-refractivity contribution in [3.05, 3.63) is 30.3 Å². The first-order valence-corrected chi connectivity index (χ1v) is 8.38. The van der Waals surface area contributed by atoms with Crippen LogP contribution in [0.3, 0.4) is 0 Å². The molecule has 0 aliphatic carbocycles. The van der Waals surface area contributed by atoms with E-state index in [1.54, 1.807) is 23.7 Å². The molecule has 2 saturated heterocycles. The monoisotopic (exact) mass is 327 g/mol. The summed E-state index contributed by atoms with van der Waals surface area (Å²) in [6.07, 6.45) is 0.600. The highest BCUT2D eigenvalue weighted by atomic mass is 32.2. The maximum atomic E-state index is 13.1. The van der Waals surface area contributed by atoms with E-state index in [-0.39, 0.29) is 17.7 Å². The first kappa shape index (κ1) is 15.4. The van der Waals surface area contributed by atoms with Gasteiger partial charge in [0.1, 0.15) is 0 Å². The van der Waals surface area contributed by atoms with Gasteiger partial charge in [-0.1, -0.05) is 18.2 Å². The Morgan fingerprint density at radius 2 is 2.05 bits per heavy atom. The molecule has 2 heterocycles. The highest BCUT2D eigenvalue weighted by Crippen LogP contribution is 2.58. The molecule has 7 nitrogen and oxygen atoms in total. The van der Waals surface area contributed by atoms with Crippen LogP contribution in [-0.4, -0.2) is 37.4 Å². The normalized spacial score (nSPS) is 33.8. The Hall–Kier alpha value is -1.48. The van der Waals surface area contributed by atoms with E-state index < -0.39 is 32.4 Å². The van der Waals surface area contributed by atoms with Crippen LogP contribution in [0.1, 0.15) is 19.3 Å². The minimum Gasteiger partial charge on any atom is -0.353 e. The van der Waals surface area contributed by atoms with E-state index in [1.807, 2.05) is 0 Å². The van der Waals surface area contributed by atoms with Crippen LogP contribution in [0.4, 0.5) is 0 Å². The fourth-order valence-corrected chi connectivity index (χ4v) is 5.52. The van der Waals surface area contributed by atoms with Gasteiger partial charge in [-0.3, -0.25) is 10.0 Å². The Labute approximate surface area is 128 Å². The number of hydroxylamine groups is 1. The van der Waals surface area contributed by atoms with Crippen molar-refractivity contribution in [2.45, 2.75) is 34.9 Å². The minimum atomic E-state index is -3.94. The van der Waals surface area contributed by atoms with Crippen molar-refractivity contribution in [2.24, 2.45) is 5.92 Å². The average Bonchev–Trinajstić information content (AvgIpc) is 3.11. The Balaban J connectivity index is 2.12. The van der Waals surface area contributed by atoms with Gasteiger partial charge in [0.05, 0.1) is 10.8 Å². The van der Waals surface area contributed by atoms with Crippen LogP contribution in [0.2, 0.25) is 0 Å². The van der Waals surface area contributed by atoms with Crippen LogP contribution in [0.15, 0.2) is 35.2 Å². The Kier molecular flexibility index (Phi) is 3.52. The van der Waals surface area contributed by atoms with Crippen molar-refractivity contribution in [2.75, 3.05) is 7.11 Å². The number of sulfone groups is 1. The minimum absolute atomic E-state index is 0.0829. The van der Waals surface area contributed by atoms with E-state index in [0.717, 1.165) is 0 Å². The third-order valence-corrected chi connectivity index (χ3v) is 6.94. The lowest BCUT2D eigenvalue weighted by Crippen LogP contribution is -2.49. The predicted molar refractivity (Wildman–Crippen MR) is 74.5 cm³/mol. The molecule has 0 saturated carbocycles. The van der Waals surface area contributed by atoms with Crippen molar-refractivity contribution >= 4 is 15.7 Å². The second-order valence-corrected chi connectivity index (χ2v) is 7.75. The van der Waals surface area contributed by atoms with Gasteiger partial charge in [0.25, 0.3) is 5.91 Å². The summed E-state index contributed by atoms with van der Waals surface area (Å²) in [6, 6.07) is 7.85.